The van der Waals surface area contributed by atoms with Crippen LogP contribution >= 0.6 is 11.8 Å². The average Bonchev–Trinajstić information content (AvgIpc) is 2.49. The van der Waals surface area contributed by atoms with E-state index in [1.165, 1.54) is 12.1 Å². The van der Waals surface area contributed by atoms with Gasteiger partial charge in [-0.2, -0.15) is 13.8 Å². The quantitative estimate of drug-likeness (QED) is 0.626. The summed E-state index contributed by atoms with van der Waals surface area (Å²) >= 11 is 0.536. The van der Waals surface area contributed by atoms with Crippen molar-refractivity contribution in [1.29, 1.82) is 0 Å². The number of pyridine rings is 1. The number of rotatable bonds is 2. The third kappa shape index (κ3) is 2.63. The molecule has 0 atom stereocenters. The molecule has 0 amide bonds. The van der Waals surface area contributed by atoms with Crippen LogP contribution in [0.3, 0.4) is 0 Å². The van der Waals surface area contributed by atoms with E-state index in [9.17, 15) is 17.6 Å². The number of aromatic nitrogens is 1. The Morgan fingerprint density at radius 2 is 1.52 bits per heavy atom. The standard InChI is InChI=1S/C13H7F4NO2S/c14-9-11(10(15)13(17)18-12(9)16)21-6-1-2-7-8(5-6)20-4-3-19-7/h1-2,5H,3-4H2. The summed E-state index contributed by atoms with van der Waals surface area (Å²) in [6.45, 7) is 0.756. The van der Waals surface area contributed by atoms with Crippen molar-refractivity contribution in [2.75, 3.05) is 13.2 Å². The van der Waals surface area contributed by atoms with Gasteiger partial charge in [0.2, 0.25) is 0 Å². The molecular formula is C13H7F4NO2S. The second-order valence-electron chi connectivity index (χ2n) is 4.06. The molecule has 1 aromatic carbocycles. The van der Waals surface area contributed by atoms with E-state index in [1.54, 1.807) is 6.07 Å². The van der Waals surface area contributed by atoms with Crippen LogP contribution in [-0.2, 0) is 0 Å². The van der Waals surface area contributed by atoms with Crippen molar-refractivity contribution in [3.63, 3.8) is 0 Å². The third-order valence-corrected chi connectivity index (χ3v) is 3.74. The van der Waals surface area contributed by atoms with E-state index >= 15 is 0 Å². The van der Waals surface area contributed by atoms with Gasteiger partial charge in [0.1, 0.15) is 13.2 Å². The monoisotopic (exact) mass is 317 g/mol. The van der Waals surface area contributed by atoms with E-state index in [-0.39, 0.29) is 0 Å². The summed E-state index contributed by atoms with van der Waals surface area (Å²) in [6, 6.07) is 4.54. The van der Waals surface area contributed by atoms with Gasteiger partial charge in [0.15, 0.2) is 23.1 Å². The summed E-state index contributed by atoms with van der Waals surface area (Å²) in [5.74, 6) is -5.54. The Kier molecular flexibility index (Phi) is 3.62. The molecule has 110 valence electrons. The molecule has 2 heterocycles. The lowest BCUT2D eigenvalue weighted by molar-refractivity contribution is 0.171. The molecule has 0 spiro atoms. The zero-order chi connectivity index (χ0) is 15.0. The van der Waals surface area contributed by atoms with Crippen LogP contribution < -0.4 is 9.47 Å². The largest absolute Gasteiger partial charge is 0.486 e. The van der Waals surface area contributed by atoms with E-state index in [1.807, 2.05) is 0 Å². The molecule has 0 N–H and O–H groups in total. The fraction of sp³-hybridized carbons (Fsp3) is 0.154. The van der Waals surface area contributed by atoms with Gasteiger partial charge in [-0.15, -0.1) is 0 Å². The zero-order valence-corrected chi connectivity index (χ0v) is 11.1. The Bertz CT molecular complexity index is 685. The third-order valence-electron chi connectivity index (χ3n) is 2.69. The summed E-state index contributed by atoms with van der Waals surface area (Å²) in [4.78, 5) is 2.06. The molecule has 0 radical (unpaired) electrons. The highest BCUT2D eigenvalue weighted by Gasteiger charge is 2.22. The minimum atomic E-state index is -1.69. The smallest absolute Gasteiger partial charge is 0.252 e. The van der Waals surface area contributed by atoms with Crippen molar-refractivity contribution in [2.45, 2.75) is 9.79 Å². The Balaban J connectivity index is 1.97. The van der Waals surface area contributed by atoms with Crippen molar-refractivity contribution in [3.05, 3.63) is 41.7 Å². The highest BCUT2D eigenvalue weighted by molar-refractivity contribution is 7.99. The van der Waals surface area contributed by atoms with Crippen LogP contribution in [0.1, 0.15) is 0 Å². The molecule has 0 bridgehead atoms. The highest BCUT2D eigenvalue weighted by Crippen LogP contribution is 2.38. The van der Waals surface area contributed by atoms with Crippen molar-refractivity contribution in [3.8, 4) is 11.5 Å². The first-order chi connectivity index (χ1) is 10.1. The first-order valence-corrected chi connectivity index (χ1v) is 6.65. The molecule has 1 aromatic heterocycles. The average molecular weight is 317 g/mol. The normalized spacial score (nSPS) is 13.3. The second kappa shape index (κ2) is 5.44. The second-order valence-corrected chi connectivity index (χ2v) is 5.14. The van der Waals surface area contributed by atoms with Gasteiger partial charge in [0, 0.05) is 4.90 Å². The number of hydrogen-bond acceptors (Lipinski definition) is 4. The lowest BCUT2D eigenvalue weighted by Gasteiger charge is -2.18. The number of halogens is 4. The molecule has 0 saturated heterocycles. The van der Waals surface area contributed by atoms with Crippen LogP contribution in [0, 0.1) is 23.5 Å². The first-order valence-electron chi connectivity index (χ1n) is 5.84. The fourth-order valence-corrected chi connectivity index (χ4v) is 2.65. The lowest BCUT2D eigenvalue weighted by Crippen LogP contribution is -2.15. The maximum atomic E-state index is 13.5. The minimum absolute atomic E-state index is 0.349. The highest BCUT2D eigenvalue weighted by atomic mass is 32.2. The molecule has 3 rings (SSSR count). The zero-order valence-electron chi connectivity index (χ0n) is 10.3. The predicted molar refractivity (Wildman–Crippen MR) is 65.6 cm³/mol. The van der Waals surface area contributed by atoms with Crippen LogP contribution in [0.25, 0.3) is 0 Å². The summed E-state index contributed by atoms with van der Waals surface area (Å²) in [5.41, 5.74) is 0. The van der Waals surface area contributed by atoms with E-state index in [2.05, 4.69) is 4.98 Å². The van der Waals surface area contributed by atoms with Crippen LogP contribution in [0.4, 0.5) is 17.6 Å². The van der Waals surface area contributed by atoms with Gasteiger partial charge in [-0.25, -0.2) is 8.78 Å². The van der Waals surface area contributed by atoms with Crippen molar-refractivity contribution in [2.24, 2.45) is 0 Å². The van der Waals surface area contributed by atoms with Crippen LogP contribution in [0.2, 0.25) is 0 Å². The molecule has 0 fully saturated rings. The van der Waals surface area contributed by atoms with Gasteiger partial charge in [-0.3, -0.25) is 0 Å². The maximum absolute atomic E-state index is 13.5. The summed E-state index contributed by atoms with van der Waals surface area (Å²) in [7, 11) is 0. The van der Waals surface area contributed by atoms with Gasteiger partial charge in [-0.05, 0) is 18.2 Å². The molecule has 0 aliphatic carbocycles. The Morgan fingerprint density at radius 3 is 2.19 bits per heavy atom. The van der Waals surface area contributed by atoms with E-state index in [0.717, 1.165) is 0 Å². The summed E-state index contributed by atoms with van der Waals surface area (Å²) in [6.07, 6.45) is 0. The van der Waals surface area contributed by atoms with Crippen LogP contribution in [-0.4, -0.2) is 18.2 Å². The number of fused-ring (bicyclic) bond motifs is 1. The van der Waals surface area contributed by atoms with E-state index in [0.29, 0.717) is 41.4 Å². The van der Waals surface area contributed by atoms with Crippen molar-refractivity contribution < 1.29 is 27.0 Å². The first kappa shape index (κ1) is 14.0. The van der Waals surface area contributed by atoms with Gasteiger partial charge in [0.25, 0.3) is 11.9 Å². The lowest BCUT2D eigenvalue weighted by atomic mass is 10.3. The van der Waals surface area contributed by atoms with E-state index in [4.69, 9.17) is 9.47 Å². The Morgan fingerprint density at radius 1 is 0.905 bits per heavy atom. The molecule has 2 aromatic rings. The molecule has 8 heteroatoms. The number of hydrogen-bond donors (Lipinski definition) is 0. The number of ether oxygens (including phenoxy) is 2. The molecule has 0 unspecified atom stereocenters. The fourth-order valence-electron chi connectivity index (χ4n) is 1.76. The molecule has 21 heavy (non-hydrogen) atoms. The van der Waals surface area contributed by atoms with Crippen molar-refractivity contribution >= 4 is 11.8 Å². The summed E-state index contributed by atoms with van der Waals surface area (Å²) in [5, 5.41) is 0. The summed E-state index contributed by atoms with van der Waals surface area (Å²) < 4.78 is 63.8. The van der Waals surface area contributed by atoms with Crippen LogP contribution in [0.5, 0.6) is 11.5 Å². The SMILES string of the molecule is Fc1nc(F)c(F)c(Sc2ccc3c(c2)OCCO3)c1F. The number of nitrogens with zero attached hydrogens (tertiary/aromatic N) is 1. The minimum Gasteiger partial charge on any atom is -0.486 e. The molecule has 0 saturated carbocycles. The van der Waals surface area contributed by atoms with Gasteiger partial charge >= 0.3 is 0 Å². The maximum Gasteiger partial charge on any atom is 0.252 e. The number of benzene rings is 1. The molecule has 3 nitrogen and oxygen atoms in total. The van der Waals surface area contributed by atoms with Gasteiger partial charge in [-0.1, -0.05) is 11.8 Å². The van der Waals surface area contributed by atoms with Gasteiger partial charge in [0.05, 0.1) is 4.90 Å². The molecule has 1 aliphatic heterocycles. The molecule has 1 aliphatic rings. The van der Waals surface area contributed by atoms with E-state index < -0.39 is 28.4 Å². The van der Waals surface area contributed by atoms with Crippen LogP contribution in [0.15, 0.2) is 28.0 Å². The Hall–Kier alpha value is -1.96. The Labute approximate surface area is 120 Å². The van der Waals surface area contributed by atoms with Gasteiger partial charge < -0.3 is 9.47 Å². The topological polar surface area (TPSA) is 31.4 Å². The molecular weight excluding hydrogens is 310 g/mol. The predicted octanol–water partition coefficient (Wildman–Crippen LogP) is 3.56. The van der Waals surface area contributed by atoms with Crippen molar-refractivity contribution in [1.82, 2.24) is 4.98 Å².